The van der Waals surface area contributed by atoms with Crippen LogP contribution >= 0.6 is 27.3 Å². The highest BCUT2D eigenvalue weighted by atomic mass is 79.9. The number of hydrogen-bond acceptors (Lipinski definition) is 3. The molecular formula is C17H17BrN2S. The Kier molecular flexibility index (Phi) is 4.68. The zero-order chi connectivity index (χ0) is 14.7. The van der Waals surface area contributed by atoms with Gasteiger partial charge in [0.05, 0.1) is 10.2 Å². The Hall–Kier alpha value is -1.23. The van der Waals surface area contributed by atoms with E-state index in [1.165, 1.54) is 10.3 Å². The van der Waals surface area contributed by atoms with E-state index in [0.29, 0.717) is 6.04 Å². The van der Waals surface area contributed by atoms with Gasteiger partial charge < -0.3 is 5.32 Å². The van der Waals surface area contributed by atoms with Gasteiger partial charge in [0.1, 0.15) is 5.01 Å². The van der Waals surface area contributed by atoms with Crippen molar-refractivity contribution in [2.45, 2.75) is 25.9 Å². The highest BCUT2D eigenvalue weighted by molar-refractivity contribution is 9.10. The number of benzene rings is 2. The molecule has 2 aromatic carbocycles. The summed E-state index contributed by atoms with van der Waals surface area (Å²) in [5, 5.41) is 4.71. The molecule has 0 aliphatic carbocycles. The normalized spacial score (nSPS) is 12.7. The highest BCUT2D eigenvalue weighted by Gasteiger charge is 2.06. The van der Waals surface area contributed by atoms with Gasteiger partial charge in [-0.05, 0) is 43.2 Å². The molecule has 0 radical (unpaired) electrons. The van der Waals surface area contributed by atoms with E-state index < -0.39 is 0 Å². The monoisotopic (exact) mass is 360 g/mol. The number of nitrogens with one attached hydrogen (secondary N) is 1. The Morgan fingerprint density at radius 2 is 1.90 bits per heavy atom. The third-order valence-corrected chi connectivity index (χ3v) is 4.96. The molecule has 0 saturated carbocycles. The first kappa shape index (κ1) is 14.7. The van der Waals surface area contributed by atoms with Crippen molar-refractivity contribution in [2.24, 2.45) is 0 Å². The average molecular weight is 361 g/mol. The zero-order valence-corrected chi connectivity index (χ0v) is 14.2. The van der Waals surface area contributed by atoms with E-state index in [4.69, 9.17) is 0 Å². The first-order chi connectivity index (χ1) is 10.2. The Balaban J connectivity index is 1.57. The van der Waals surface area contributed by atoms with Crippen LogP contribution in [0.3, 0.4) is 0 Å². The lowest BCUT2D eigenvalue weighted by molar-refractivity contribution is 0.545. The molecule has 1 heterocycles. The smallest absolute Gasteiger partial charge is 0.108 e. The Morgan fingerprint density at radius 1 is 1.14 bits per heavy atom. The molecular weight excluding hydrogens is 344 g/mol. The molecule has 1 unspecified atom stereocenters. The molecule has 1 atom stereocenters. The molecule has 1 N–H and O–H groups in total. The molecule has 0 spiro atoms. The molecule has 3 rings (SSSR count). The maximum Gasteiger partial charge on any atom is 0.108 e. The number of hydrogen-bond donors (Lipinski definition) is 1. The van der Waals surface area contributed by atoms with E-state index in [-0.39, 0.29) is 0 Å². The molecule has 2 nitrogen and oxygen atoms in total. The van der Waals surface area contributed by atoms with Gasteiger partial charge in [-0.1, -0.05) is 40.2 Å². The summed E-state index contributed by atoms with van der Waals surface area (Å²) >= 11 is 5.23. The predicted octanol–water partition coefficient (Wildman–Crippen LogP) is 4.78. The van der Waals surface area contributed by atoms with Gasteiger partial charge in [0, 0.05) is 17.1 Å². The molecule has 0 fully saturated rings. The molecule has 21 heavy (non-hydrogen) atoms. The summed E-state index contributed by atoms with van der Waals surface area (Å²) in [5.41, 5.74) is 2.45. The maximum atomic E-state index is 4.65. The quantitative estimate of drug-likeness (QED) is 0.708. The van der Waals surface area contributed by atoms with Gasteiger partial charge in [-0.15, -0.1) is 11.3 Å². The van der Waals surface area contributed by atoms with Crippen molar-refractivity contribution < 1.29 is 0 Å². The summed E-state index contributed by atoms with van der Waals surface area (Å²) in [5.74, 6) is 0. The van der Waals surface area contributed by atoms with Gasteiger partial charge in [-0.2, -0.15) is 0 Å². The predicted molar refractivity (Wildman–Crippen MR) is 93.8 cm³/mol. The Morgan fingerprint density at radius 3 is 2.67 bits per heavy atom. The average Bonchev–Trinajstić information content (AvgIpc) is 2.90. The summed E-state index contributed by atoms with van der Waals surface area (Å²) in [4.78, 5) is 4.65. The van der Waals surface area contributed by atoms with Crippen LogP contribution in [0.1, 0.15) is 17.5 Å². The standard InChI is InChI=1S/C17H17BrN2S/c1-12(10-13-6-8-14(18)9-7-13)19-11-17-20-15-4-2-3-5-16(15)21-17/h2-9,12,19H,10-11H2,1H3. The molecule has 108 valence electrons. The van der Waals surface area contributed by atoms with Crippen LogP contribution in [0.2, 0.25) is 0 Å². The minimum absolute atomic E-state index is 0.429. The minimum Gasteiger partial charge on any atom is -0.308 e. The Bertz CT molecular complexity index is 688. The fraction of sp³-hybridized carbons (Fsp3) is 0.235. The zero-order valence-electron chi connectivity index (χ0n) is 11.8. The largest absolute Gasteiger partial charge is 0.308 e. The van der Waals surface area contributed by atoms with Crippen molar-refractivity contribution in [1.82, 2.24) is 10.3 Å². The minimum atomic E-state index is 0.429. The third-order valence-electron chi connectivity index (χ3n) is 3.40. The summed E-state index contributed by atoms with van der Waals surface area (Å²) in [6, 6.07) is 17.2. The molecule has 0 saturated heterocycles. The second kappa shape index (κ2) is 6.69. The molecule has 0 aliphatic rings. The summed E-state index contributed by atoms with van der Waals surface area (Å²) in [6.07, 6.45) is 1.03. The second-order valence-electron chi connectivity index (χ2n) is 5.19. The van der Waals surface area contributed by atoms with E-state index in [1.807, 2.05) is 6.07 Å². The number of para-hydroxylation sites is 1. The number of thiazole rings is 1. The topological polar surface area (TPSA) is 24.9 Å². The van der Waals surface area contributed by atoms with Crippen LogP contribution in [0.25, 0.3) is 10.2 Å². The number of nitrogens with zero attached hydrogens (tertiary/aromatic N) is 1. The van der Waals surface area contributed by atoms with Crippen LogP contribution in [0, 0.1) is 0 Å². The van der Waals surface area contributed by atoms with Crippen LogP contribution in [-0.4, -0.2) is 11.0 Å². The molecule has 3 aromatic rings. The van der Waals surface area contributed by atoms with E-state index in [9.17, 15) is 0 Å². The fourth-order valence-electron chi connectivity index (χ4n) is 2.30. The van der Waals surface area contributed by atoms with Crippen LogP contribution < -0.4 is 5.32 Å². The van der Waals surface area contributed by atoms with Crippen molar-refractivity contribution in [3.05, 3.63) is 63.6 Å². The van der Waals surface area contributed by atoms with Crippen LogP contribution in [0.4, 0.5) is 0 Å². The number of halogens is 1. The van der Waals surface area contributed by atoms with Gasteiger partial charge in [0.15, 0.2) is 0 Å². The lowest BCUT2D eigenvalue weighted by Gasteiger charge is -2.12. The Labute approximate surface area is 137 Å². The van der Waals surface area contributed by atoms with E-state index in [1.54, 1.807) is 11.3 Å². The summed E-state index contributed by atoms with van der Waals surface area (Å²) in [6.45, 7) is 3.05. The SMILES string of the molecule is CC(Cc1ccc(Br)cc1)NCc1nc2ccccc2s1. The van der Waals surface area contributed by atoms with Crippen molar-refractivity contribution in [2.75, 3.05) is 0 Å². The number of fused-ring (bicyclic) bond motifs is 1. The molecule has 4 heteroatoms. The van der Waals surface area contributed by atoms with E-state index >= 15 is 0 Å². The first-order valence-electron chi connectivity index (χ1n) is 7.03. The third kappa shape index (κ3) is 3.90. The van der Waals surface area contributed by atoms with Gasteiger partial charge >= 0.3 is 0 Å². The first-order valence-corrected chi connectivity index (χ1v) is 8.64. The summed E-state index contributed by atoms with van der Waals surface area (Å²) in [7, 11) is 0. The molecule has 1 aromatic heterocycles. The lowest BCUT2D eigenvalue weighted by atomic mass is 10.1. The van der Waals surface area contributed by atoms with Crippen LogP contribution in [0.15, 0.2) is 53.0 Å². The fourth-order valence-corrected chi connectivity index (χ4v) is 3.49. The van der Waals surface area contributed by atoms with Gasteiger partial charge in [-0.25, -0.2) is 4.98 Å². The molecule has 0 bridgehead atoms. The molecule has 0 aliphatic heterocycles. The second-order valence-corrected chi connectivity index (χ2v) is 7.22. The van der Waals surface area contributed by atoms with E-state index in [2.05, 4.69) is 75.6 Å². The van der Waals surface area contributed by atoms with Crippen molar-refractivity contribution in [3.63, 3.8) is 0 Å². The van der Waals surface area contributed by atoms with Gasteiger partial charge in [0.2, 0.25) is 0 Å². The van der Waals surface area contributed by atoms with Crippen LogP contribution in [-0.2, 0) is 13.0 Å². The van der Waals surface area contributed by atoms with Gasteiger partial charge in [-0.3, -0.25) is 0 Å². The highest BCUT2D eigenvalue weighted by Crippen LogP contribution is 2.21. The number of rotatable bonds is 5. The number of aromatic nitrogens is 1. The van der Waals surface area contributed by atoms with Crippen molar-refractivity contribution in [1.29, 1.82) is 0 Å². The van der Waals surface area contributed by atoms with Gasteiger partial charge in [0.25, 0.3) is 0 Å². The van der Waals surface area contributed by atoms with Crippen LogP contribution in [0.5, 0.6) is 0 Å². The lowest BCUT2D eigenvalue weighted by Crippen LogP contribution is -2.27. The van der Waals surface area contributed by atoms with Crippen molar-refractivity contribution in [3.8, 4) is 0 Å². The molecule has 0 amide bonds. The summed E-state index contributed by atoms with van der Waals surface area (Å²) < 4.78 is 2.39. The van der Waals surface area contributed by atoms with Crippen molar-refractivity contribution >= 4 is 37.5 Å². The van der Waals surface area contributed by atoms with E-state index in [0.717, 1.165) is 28.0 Å². The maximum absolute atomic E-state index is 4.65.